The molecule has 1 amide bonds. The molecule has 1 aromatic heterocycles. The van der Waals surface area contributed by atoms with Gasteiger partial charge in [-0.2, -0.15) is 0 Å². The van der Waals surface area contributed by atoms with E-state index < -0.39 is 0 Å². The normalized spacial score (nSPS) is 16.5. The van der Waals surface area contributed by atoms with Crippen molar-refractivity contribution in [1.82, 2.24) is 25.4 Å². The summed E-state index contributed by atoms with van der Waals surface area (Å²) >= 11 is 0. The van der Waals surface area contributed by atoms with Gasteiger partial charge in [-0.1, -0.05) is 19.1 Å². The Bertz CT molecular complexity index is 843. The smallest absolute Gasteiger partial charge is 0.253 e. The number of nitrogens with zero attached hydrogens (tertiary/aromatic N) is 4. The zero-order valence-corrected chi connectivity index (χ0v) is 17.7. The number of hydrogen-bond acceptors (Lipinski definition) is 5. The summed E-state index contributed by atoms with van der Waals surface area (Å²) in [5.74, 6) is 1.64. The van der Waals surface area contributed by atoms with Crippen molar-refractivity contribution in [3.8, 4) is 0 Å². The molecule has 3 N–H and O–H groups in total. The lowest BCUT2D eigenvalue weighted by Gasteiger charge is -2.13. The number of aryl methyl sites for hydroxylation is 1. The van der Waals surface area contributed by atoms with Crippen LogP contribution in [0, 0.1) is 0 Å². The number of hydrogen-bond donors (Lipinski definition) is 3. The van der Waals surface area contributed by atoms with Gasteiger partial charge in [-0.05, 0) is 37.5 Å². The Hall–Kier alpha value is -2.94. The zero-order chi connectivity index (χ0) is 21.2. The highest BCUT2D eigenvalue weighted by atomic mass is 16.5. The number of nitrogens with one attached hydrogen (secondary N) is 3. The summed E-state index contributed by atoms with van der Waals surface area (Å²) < 4.78 is 7.48. The second-order valence-electron chi connectivity index (χ2n) is 7.11. The van der Waals surface area contributed by atoms with Crippen LogP contribution >= 0.6 is 0 Å². The molecule has 9 heteroatoms. The Morgan fingerprint density at radius 1 is 1.33 bits per heavy atom. The topological polar surface area (TPSA) is 105 Å². The van der Waals surface area contributed by atoms with Gasteiger partial charge in [-0.25, -0.2) is 4.99 Å². The van der Waals surface area contributed by atoms with Gasteiger partial charge < -0.3 is 25.3 Å². The summed E-state index contributed by atoms with van der Waals surface area (Å²) in [5.41, 5.74) is 1.78. The first-order valence-corrected chi connectivity index (χ1v) is 10.6. The third-order valence-corrected chi connectivity index (χ3v) is 4.84. The van der Waals surface area contributed by atoms with Gasteiger partial charge in [0.1, 0.15) is 18.3 Å². The first-order chi connectivity index (χ1) is 14.7. The first-order valence-electron chi connectivity index (χ1n) is 10.6. The Kier molecular flexibility index (Phi) is 8.20. The summed E-state index contributed by atoms with van der Waals surface area (Å²) in [6.07, 6.45) is 3.98. The van der Waals surface area contributed by atoms with Crippen LogP contribution < -0.4 is 16.0 Å². The van der Waals surface area contributed by atoms with Crippen LogP contribution in [-0.4, -0.2) is 52.4 Å². The van der Waals surface area contributed by atoms with Crippen molar-refractivity contribution < 1.29 is 9.53 Å². The van der Waals surface area contributed by atoms with Crippen LogP contribution in [-0.2, 0) is 29.0 Å². The molecule has 1 aliphatic rings. The predicted octanol–water partition coefficient (Wildman–Crippen LogP) is 1.71. The summed E-state index contributed by atoms with van der Waals surface area (Å²) in [4.78, 5) is 16.9. The largest absolute Gasteiger partial charge is 0.368 e. The molecule has 1 aliphatic heterocycles. The predicted molar refractivity (Wildman–Crippen MR) is 116 cm³/mol. The number of anilines is 1. The average molecular weight is 414 g/mol. The number of rotatable bonds is 9. The van der Waals surface area contributed by atoms with Gasteiger partial charge in [0, 0.05) is 38.3 Å². The molecular formula is C21H31N7O2. The molecule has 0 saturated carbocycles. The summed E-state index contributed by atoms with van der Waals surface area (Å²) in [6, 6.07) is 7.76. The number of ether oxygens (including phenoxy) is 1. The van der Waals surface area contributed by atoms with E-state index in [0.29, 0.717) is 19.7 Å². The fraction of sp³-hybridized carbons (Fsp3) is 0.524. The van der Waals surface area contributed by atoms with Crippen LogP contribution in [0.4, 0.5) is 5.69 Å². The summed E-state index contributed by atoms with van der Waals surface area (Å²) in [5, 5.41) is 17.6. The molecule has 9 nitrogen and oxygen atoms in total. The molecular weight excluding hydrogens is 382 g/mol. The number of carbonyl (C=O) groups is 1. The zero-order valence-electron chi connectivity index (χ0n) is 17.7. The van der Waals surface area contributed by atoms with Gasteiger partial charge >= 0.3 is 0 Å². The molecule has 30 heavy (non-hydrogen) atoms. The van der Waals surface area contributed by atoms with Crippen LogP contribution in [0.25, 0.3) is 0 Å². The molecule has 1 fully saturated rings. The van der Waals surface area contributed by atoms with E-state index in [1.165, 1.54) is 0 Å². The van der Waals surface area contributed by atoms with Crippen LogP contribution in [0.1, 0.15) is 38.1 Å². The second-order valence-corrected chi connectivity index (χ2v) is 7.11. The van der Waals surface area contributed by atoms with Gasteiger partial charge in [0.2, 0.25) is 0 Å². The SMILES string of the molecule is CCNC(=NCc1cccc(NC(=O)C2CCCO2)c1)NCCn1cnnc1CC. The molecule has 2 heterocycles. The molecule has 3 rings (SSSR count). The molecule has 1 atom stereocenters. The minimum Gasteiger partial charge on any atom is -0.368 e. The number of guanidine groups is 1. The number of carbonyl (C=O) groups excluding carboxylic acids is 1. The van der Waals surface area contributed by atoms with E-state index in [4.69, 9.17) is 4.74 Å². The highest BCUT2D eigenvalue weighted by Crippen LogP contribution is 2.16. The van der Waals surface area contributed by atoms with Crippen LogP contribution in [0.5, 0.6) is 0 Å². The molecule has 2 aromatic rings. The van der Waals surface area contributed by atoms with E-state index in [0.717, 1.165) is 55.4 Å². The van der Waals surface area contributed by atoms with E-state index in [-0.39, 0.29) is 12.0 Å². The van der Waals surface area contributed by atoms with Crippen LogP contribution in [0.3, 0.4) is 0 Å². The molecule has 0 bridgehead atoms. The van der Waals surface area contributed by atoms with Crippen molar-refractivity contribution in [2.45, 2.75) is 52.3 Å². The Morgan fingerprint density at radius 3 is 3.00 bits per heavy atom. The van der Waals surface area contributed by atoms with Gasteiger partial charge in [0.15, 0.2) is 5.96 Å². The Balaban J connectivity index is 1.54. The number of amides is 1. The highest BCUT2D eigenvalue weighted by Gasteiger charge is 2.23. The van der Waals surface area contributed by atoms with Crippen molar-refractivity contribution >= 4 is 17.6 Å². The van der Waals surface area contributed by atoms with Crippen molar-refractivity contribution in [1.29, 1.82) is 0 Å². The molecule has 162 valence electrons. The van der Waals surface area contributed by atoms with Crippen LogP contribution in [0.15, 0.2) is 35.6 Å². The van der Waals surface area contributed by atoms with Crippen molar-refractivity contribution in [2.75, 3.05) is 25.0 Å². The number of aromatic nitrogens is 3. The van der Waals surface area contributed by atoms with Crippen molar-refractivity contribution in [3.05, 3.63) is 42.0 Å². The number of benzene rings is 1. The molecule has 1 unspecified atom stereocenters. The maximum absolute atomic E-state index is 12.2. The van der Waals surface area contributed by atoms with Crippen molar-refractivity contribution in [2.24, 2.45) is 4.99 Å². The molecule has 0 aliphatic carbocycles. The summed E-state index contributed by atoms with van der Waals surface area (Å²) in [6.45, 7) is 7.52. The minimum absolute atomic E-state index is 0.0800. The third kappa shape index (κ3) is 6.28. The first kappa shape index (κ1) is 21.8. The van der Waals surface area contributed by atoms with E-state index in [9.17, 15) is 4.79 Å². The third-order valence-electron chi connectivity index (χ3n) is 4.84. The minimum atomic E-state index is -0.338. The summed E-state index contributed by atoms with van der Waals surface area (Å²) in [7, 11) is 0. The van der Waals surface area contributed by atoms with E-state index >= 15 is 0 Å². The van der Waals surface area contributed by atoms with Gasteiger partial charge in [0.05, 0.1) is 6.54 Å². The maximum atomic E-state index is 12.2. The standard InChI is InChI=1S/C21H31N7O2/c1-3-19-27-25-15-28(19)11-10-23-21(22-4-2)24-14-16-7-5-8-17(13-16)26-20(29)18-9-6-12-30-18/h5,7-8,13,15,18H,3-4,6,9-12,14H2,1-2H3,(H,26,29)(H2,22,23,24). The Morgan fingerprint density at radius 2 is 2.23 bits per heavy atom. The highest BCUT2D eigenvalue weighted by molar-refractivity contribution is 5.94. The molecule has 0 spiro atoms. The quantitative estimate of drug-likeness (QED) is 0.427. The second kappa shape index (κ2) is 11.3. The number of aliphatic imine (C=N–C) groups is 1. The van der Waals surface area contributed by atoms with Gasteiger partial charge in [0.25, 0.3) is 5.91 Å². The van der Waals surface area contributed by atoms with E-state index in [1.54, 1.807) is 6.33 Å². The van der Waals surface area contributed by atoms with Crippen molar-refractivity contribution in [3.63, 3.8) is 0 Å². The molecule has 1 aromatic carbocycles. The lowest BCUT2D eigenvalue weighted by Crippen LogP contribution is -2.38. The fourth-order valence-electron chi connectivity index (χ4n) is 3.30. The lowest BCUT2D eigenvalue weighted by molar-refractivity contribution is -0.124. The average Bonchev–Trinajstić information content (AvgIpc) is 3.44. The fourth-order valence-corrected chi connectivity index (χ4v) is 3.30. The maximum Gasteiger partial charge on any atom is 0.253 e. The monoisotopic (exact) mass is 413 g/mol. The molecule has 0 radical (unpaired) electrons. The lowest BCUT2D eigenvalue weighted by atomic mass is 10.2. The van der Waals surface area contributed by atoms with E-state index in [1.807, 2.05) is 35.8 Å². The van der Waals surface area contributed by atoms with Crippen LogP contribution in [0.2, 0.25) is 0 Å². The van der Waals surface area contributed by atoms with Gasteiger partial charge in [-0.3, -0.25) is 4.79 Å². The van der Waals surface area contributed by atoms with E-state index in [2.05, 4.69) is 38.1 Å². The Labute approximate surface area is 177 Å². The molecule has 1 saturated heterocycles. The van der Waals surface area contributed by atoms with Gasteiger partial charge in [-0.15, -0.1) is 10.2 Å².